The molecule has 0 bridgehead atoms. The highest BCUT2D eigenvalue weighted by Crippen LogP contribution is 2.28. The Balaban J connectivity index is 1.74. The van der Waals surface area contributed by atoms with Crippen molar-refractivity contribution in [2.45, 2.75) is 39.7 Å². The molecule has 1 fully saturated rings. The number of nitrogens with zero attached hydrogens (tertiary/aromatic N) is 2. The summed E-state index contributed by atoms with van der Waals surface area (Å²) in [6, 6.07) is 3.80. The zero-order valence-electron chi connectivity index (χ0n) is 14.8. The van der Waals surface area contributed by atoms with Crippen LogP contribution in [0.3, 0.4) is 0 Å². The van der Waals surface area contributed by atoms with Crippen LogP contribution < -0.4 is 5.69 Å². The van der Waals surface area contributed by atoms with Gasteiger partial charge in [0.1, 0.15) is 0 Å². The topological polar surface area (TPSA) is 67.3 Å². The molecule has 0 aliphatic carbocycles. The molecule has 6 nitrogen and oxygen atoms in total. The number of amides is 1. The second-order valence-electron chi connectivity index (χ2n) is 7.11. The third kappa shape index (κ3) is 3.68. The number of aryl methyl sites for hydroxylation is 1. The van der Waals surface area contributed by atoms with Gasteiger partial charge in [-0.05, 0) is 43.4 Å². The lowest BCUT2D eigenvalue weighted by Gasteiger charge is -2.32. The van der Waals surface area contributed by atoms with Gasteiger partial charge < -0.3 is 14.6 Å². The fourth-order valence-corrected chi connectivity index (χ4v) is 3.41. The predicted molar refractivity (Wildman–Crippen MR) is 98.3 cm³/mol. The highest BCUT2D eigenvalue weighted by Gasteiger charge is 2.27. The van der Waals surface area contributed by atoms with E-state index < -0.39 is 0 Å². The van der Waals surface area contributed by atoms with Gasteiger partial charge in [0.25, 0.3) is 0 Å². The molecule has 1 amide bonds. The van der Waals surface area contributed by atoms with Crippen molar-refractivity contribution >= 4 is 28.7 Å². The van der Waals surface area contributed by atoms with Crippen LogP contribution in [0.5, 0.6) is 0 Å². The zero-order chi connectivity index (χ0) is 18.1. The van der Waals surface area contributed by atoms with Gasteiger partial charge in [0.15, 0.2) is 0 Å². The molecule has 0 spiro atoms. The first-order chi connectivity index (χ1) is 11.9. The van der Waals surface area contributed by atoms with E-state index >= 15 is 0 Å². The normalized spacial score (nSPS) is 16.0. The van der Waals surface area contributed by atoms with E-state index in [0.29, 0.717) is 30.6 Å². The van der Waals surface area contributed by atoms with Gasteiger partial charge in [0.05, 0.1) is 17.6 Å². The fraction of sp³-hybridized carbons (Fsp3) is 0.556. The van der Waals surface area contributed by atoms with Crippen molar-refractivity contribution in [3.8, 4) is 0 Å². The molecule has 1 aromatic heterocycles. The van der Waals surface area contributed by atoms with E-state index in [1.165, 1.54) is 0 Å². The largest absolute Gasteiger partial charge is 0.449 e. The first kappa shape index (κ1) is 17.9. The summed E-state index contributed by atoms with van der Waals surface area (Å²) in [6.45, 7) is 7.56. The Hall–Kier alpha value is -1.95. The number of likely N-dealkylation sites (tertiary alicyclic amines) is 1. The smallest absolute Gasteiger partial charge is 0.409 e. The number of fused-ring (bicyclic) bond motifs is 1. The minimum Gasteiger partial charge on any atom is -0.449 e. The molecule has 1 aliphatic rings. The molecule has 136 valence electrons. The number of aromatic nitrogens is 2. The predicted octanol–water partition coefficient (Wildman–Crippen LogP) is 3.72. The number of hydrogen-bond acceptors (Lipinski definition) is 3. The summed E-state index contributed by atoms with van der Waals surface area (Å²) in [6.07, 6.45) is 1.19. The van der Waals surface area contributed by atoms with E-state index in [1.807, 2.05) is 26.8 Å². The lowest BCUT2D eigenvalue weighted by atomic mass is 10.0. The highest BCUT2D eigenvalue weighted by atomic mass is 35.5. The second kappa shape index (κ2) is 7.12. The molecule has 0 unspecified atom stereocenters. The van der Waals surface area contributed by atoms with Crippen LogP contribution in [0.15, 0.2) is 16.9 Å². The number of aromatic amines is 1. The summed E-state index contributed by atoms with van der Waals surface area (Å²) >= 11 is 6.15. The maximum absolute atomic E-state index is 12.4. The number of carbonyl (C=O) groups excluding carboxylic acids is 1. The second-order valence-corrected chi connectivity index (χ2v) is 7.51. The van der Waals surface area contributed by atoms with Crippen molar-refractivity contribution in [2.75, 3.05) is 19.7 Å². The Kier molecular flexibility index (Phi) is 5.08. The van der Waals surface area contributed by atoms with Crippen LogP contribution >= 0.6 is 11.6 Å². The average molecular weight is 366 g/mol. The summed E-state index contributed by atoms with van der Waals surface area (Å²) in [5.41, 5.74) is 2.43. The van der Waals surface area contributed by atoms with Crippen LogP contribution in [0.2, 0.25) is 5.02 Å². The SMILES string of the molecule is Cc1cc2c(cc1Cl)[nH]c(=O)n2C1CCN(C(=O)OCC(C)C)CC1. The third-order valence-corrected chi connectivity index (χ3v) is 5.03. The summed E-state index contributed by atoms with van der Waals surface area (Å²) in [7, 11) is 0. The molecule has 3 rings (SSSR count). The Morgan fingerprint density at radius 1 is 1.36 bits per heavy atom. The molecule has 0 saturated carbocycles. The van der Waals surface area contributed by atoms with Gasteiger partial charge in [-0.3, -0.25) is 4.57 Å². The maximum atomic E-state index is 12.4. The van der Waals surface area contributed by atoms with Crippen molar-refractivity contribution in [1.29, 1.82) is 0 Å². The van der Waals surface area contributed by atoms with Gasteiger partial charge >= 0.3 is 11.8 Å². The fourth-order valence-electron chi connectivity index (χ4n) is 3.25. The average Bonchev–Trinajstić information content (AvgIpc) is 2.88. The van der Waals surface area contributed by atoms with Crippen LogP contribution in [-0.4, -0.2) is 40.2 Å². The van der Waals surface area contributed by atoms with Gasteiger partial charge in [-0.1, -0.05) is 25.4 Å². The van der Waals surface area contributed by atoms with Gasteiger partial charge in [-0.15, -0.1) is 0 Å². The number of benzene rings is 1. The number of nitrogens with one attached hydrogen (secondary N) is 1. The van der Waals surface area contributed by atoms with E-state index in [4.69, 9.17) is 16.3 Å². The third-order valence-electron chi connectivity index (χ3n) is 4.62. The first-order valence-electron chi connectivity index (χ1n) is 8.69. The van der Waals surface area contributed by atoms with E-state index in [-0.39, 0.29) is 17.8 Å². The van der Waals surface area contributed by atoms with Crippen LogP contribution in [0.1, 0.15) is 38.3 Å². The molecule has 0 radical (unpaired) electrons. The lowest BCUT2D eigenvalue weighted by molar-refractivity contribution is 0.0798. The van der Waals surface area contributed by atoms with Gasteiger partial charge in [0.2, 0.25) is 0 Å². The van der Waals surface area contributed by atoms with E-state index in [0.717, 1.165) is 29.4 Å². The maximum Gasteiger partial charge on any atom is 0.409 e. The van der Waals surface area contributed by atoms with Crippen LogP contribution in [-0.2, 0) is 4.74 Å². The standard InChI is InChI=1S/C18H24ClN3O3/c1-11(2)10-25-18(24)21-6-4-13(5-7-21)22-16-8-12(3)14(19)9-15(16)20-17(22)23/h8-9,11,13H,4-7,10H2,1-3H3,(H,20,23). The van der Waals surface area contributed by atoms with Crippen LogP contribution in [0, 0.1) is 12.8 Å². The quantitative estimate of drug-likeness (QED) is 0.901. The first-order valence-corrected chi connectivity index (χ1v) is 9.06. The molecule has 0 atom stereocenters. The number of piperidine rings is 1. The minimum absolute atomic E-state index is 0.0657. The molecule has 2 aromatic rings. The van der Waals surface area contributed by atoms with Crippen molar-refractivity contribution in [2.24, 2.45) is 5.92 Å². The van der Waals surface area contributed by atoms with Gasteiger partial charge in [0, 0.05) is 24.2 Å². The number of rotatable bonds is 3. The molecule has 1 saturated heterocycles. The van der Waals surface area contributed by atoms with E-state index in [9.17, 15) is 9.59 Å². The molecule has 1 aromatic carbocycles. The number of carbonyl (C=O) groups is 1. The Labute approximate surface area is 151 Å². The molecule has 25 heavy (non-hydrogen) atoms. The number of hydrogen-bond donors (Lipinski definition) is 1. The summed E-state index contributed by atoms with van der Waals surface area (Å²) in [5, 5.41) is 0.642. The molecular formula is C18H24ClN3O3. The number of H-pyrrole nitrogens is 1. The summed E-state index contributed by atoms with van der Waals surface area (Å²) < 4.78 is 7.09. The summed E-state index contributed by atoms with van der Waals surface area (Å²) in [4.78, 5) is 29.1. The van der Waals surface area contributed by atoms with Crippen LogP contribution in [0.25, 0.3) is 11.0 Å². The molecular weight excluding hydrogens is 342 g/mol. The zero-order valence-corrected chi connectivity index (χ0v) is 15.6. The van der Waals surface area contributed by atoms with Crippen molar-refractivity contribution < 1.29 is 9.53 Å². The van der Waals surface area contributed by atoms with Crippen molar-refractivity contribution in [3.05, 3.63) is 33.2 Å². The minimum atomic E-state index is -0.263. The van der Waals surface area contributed by atoms with Gasteiger partial charge in [-0.25, -0.2) is 9.59 Å². The van der Waals surface area contributed by atoms with E-state index in [1.54, 1.807) is 15.5 Å². The Morgan fingerprint density at radius 2 is 2.04 bits per heavy atom. The Morgan fingerprint density at radius 3 is 2.68 bits per heavy atom. The number of ether oxygens (including phenoxy) is 1. The number of halogens is 1. The van der Waals surface area contributed by atoms with Crippen LogP contribution in [0.4, 0.5) is 4.79 Å². The van der Waals surface area contributed by atoms with E-state index in [2.05, 4.69) is 4.98 Å². The Bertz CT molecular complexity index is 832. The number of imidazole rings is 1. The van der Waals surface area contributed by atoms with Crippen molar-refractivity contribution in [3.63, 3.8) is 0 Å². The summed E-state index contributed by atoms with van der Waals surface area (Å²) in [5.74, 6) is 0.321. The highest BCUT2D eigenvalue weighted by molar-refractivity contribution is 6.32. The molecule has 1 N–H and O–H groups in total. The van der Waals surface area contributed by atoms with Gasteiger partial charge in [-0.2, -0.15) is 0 Å². The molecule has 7 heteroatoms. The monoisotopic (exact) mass is 365 g/mol. The lowest BCUT2D eigenvalue weighted by Crippen LogP contribution is -2.41. The van der Waals surface area contributed by atoms with Crippen molar-refractivity contribution in [1.82, 2.24) is 14.5 Å². The molecule has 1 aliphatic heterocycles. The molecule has 2 heterocycles.